The highest BCUT2D eigenvalue weighted by Gasteiger charge is 2.29. The van der Waals surface area contributed by atoms with E-state index >= 15 is 0 Å². The summed E-state index contributed by atoms with van der Waals surface area (Å²) in [6, 6.07) is 7.41. The third-order valence-electron chi connectivity index (χ3n) is 2.99. The van der Waals surface area contributed by atoms with Crippen molar-refractivity contribution in [3.05, 3.63) is 35.4 Å². The number of rotatable bonds is 6. The van der Waals surface area contributed by atoms with Crippen molar-refractivity contribution in [1.29, 1.82) is 0 Å². The second kappa shape index (κ2) is 7.51. The van der Waals surface area contributed by atoms with E-state index in [4.69, 9.17) is 0 Å². The van der Waals surface area contributed by atoms with Crippen LogP contribution in [0.2, 0.25) is 0 Å². The summed E-state index contributed by atoms with van der Waals surface area (Å²) in [5.41, 5.74) is 1.75. The Hall–Kier alpha value is -1.47. The zero-order valence-corrected chi connectivity index (χ0v) is 13.3. The van der Waals surface area contributed by atoms with Gasteiger partial charge in [-0.2, -0.15) is 11.8 Å². The number of thioether (sulfide) groups is 2. The van der Waals surface area contributed by atoms with Gasteiger partial charge in [-0.15, -0.1) is 0 Å². The van der Waals surface area contributed by atoms with E-state index in [9.17, 15) is 14.4 Å². The minimum atomic E-state index is -0.240. The lowest BCUT2D eigenvalue weighted by molar-refractivity contribution is -0.124. The van der Waals surface area contributed by atoms with Gasteiger partial charge >= 0.3 is 0 Å². The molecule has 1 fully saturated rings. The molecule has 1 aromatic carbocycles. The van der Waals surface area contributed by atoms with Gasteiger partial charge in [0, 0.05) is 24.4 Å². The summed E-state index contributed by atoms with van der Waals surface area (Å²) in [5, 5.41) is 2.48. The number of amides is 3. The van der Waals surface area contributed by atoms with E-state index in [1.165, 1.54) is 10.5 Å². The largest absolute Gasteiger partial charge is 0.350 e. The van der Waals surface area contributed by atoms with Gasteiger partial charge in [-0.05, 0) is 24.0 Å². The first-order chi connectivity index (χ1) is 10.1. The van der Waals surface area contributed by atoms with Gasteiger partial charge in [0.15, 0.2) is 0 Å². The van der Waals surface area contributed by atoms with E-state index in [0.29, 0.717) is 5.56 Å². The maximum Gasteiger partial charge on any atom is 0.288 e. The number of hydrogen-bond donors (Lipinski definition) is 1. The normalized spacial score (nSPS) is 14.6. The highest BCUT2D eigenvalue weighted by molar-refractivity contribution is 8.14. The molecule has 1 saturated heterocycles. The standard InChI is InChI=1S/C14H16N2O3S2/c1-20-8-10-2-4-11(5-3-10)13(18)15-6-7-16-12(17)9-21-14(16)19/h2-5H,6-9H2,1H3,(H,15,18). The number of nitrogens with zero attached hydrogens (tertiary/aromatic N) is 1. The molecule has 0 aromatic heterocycles. The van der Waals surface area contributed by atoms with Crippen LogP contribution < -0.4 is 5.32 Å². The number of benzene rings is 1. The van der Waals surface area contributed by atoms with Crippen LogP contribution in [0.1, 0.15) is 15.9 Å². The fourth-order valence-electron chi connectivity index (χ4n) is 1.90. The molecule has 0 aliphatic carbocycles. The summed E-state index contributed by atoms with van der Waals surface area (Å²) < 4.78 is 0. The second-order valence-corrected chi connectivity index (χ2v) is 6.28. The Morgan fingerprint density at radius 1 is 1.33 bits per heavy atom. The van der Waals surface area contributed by atoms with Gasteiger partial charge in [-0.1, -0.05) is 23.9 Å². The first kappa shape index (κ1) is 15.9. The molecule has 1 aliphatic heterocycles. The Balaban J connectivity index is 1.81. The fourth-order valence-corrected chi connectivity index (χ4v) is 3.18. The van der Waals surface area contributed by atoms with Crippen LogP contribution in [-0.4, -0.2) is 47.1 Å². The van der Waals surface area contributed by atoms with Crippen molar-refractivity contribution in [2.45, 2.75) is 5.75 Å². The molecule has 21 heavy (non-hydrogen) atoms. The summed E-state index contributed by atoms with van der Waals surface area (Å²) in [5.74, 6) is 0.723. The van der Waals surface area contributed by atoms with Crippen LogP contribution in [0.3, 0.4) is 0 Å². The molecule has 5 nitrogen and oxygen atoms in total. The molecule has 0 bridgehead atoms. The quantitative estimate of drug-likeness (QED) is 0.866. The molecule has 1 heterocycles. The predicted octanol–water partition coefficient (Wildman–Crippen LogP) is 1.97. The lowest BCUT2D eigenvalue weighted by Gasteiger charge is -2.13. The fraction of sp³-hybridized carbons (Fsp3) is 0.357. The van der Waals surface area contributed by atoms with Crippen LogP contribution in [0.5, 0.6) is 0 Å². The van der Waals surface area contributed by atoms with Gasteiger partial charge in [-0.3, -0.25) is 19.3 Å². The molecular weight excluding hydrogens is 308 g/mol. The zero-order chi connectivity index (χ0) is 15.2. The summed E-state index contributed by atoms with van der Waals surface area (Å²) in [6.07, 6.45) is 2.03. The van der Waals surface area contributed by atoms with Crippen molar-refractivity contribution in [2.75, 3.05) is 25.1 Å². The SMILES string of the molecule is CSCc1ccc(C(=O)NCCN2C(=O)CSC2=O)cc1. The van der Waals surface area contributed by atoms with Crippen LogP contribution in [-0.2, 0) is 10.5 Å². The average molecular weight is 324 g/mol. The molecular formula is C14H16N2O3S2. The number of imide groups is 1. The van der Waals surface area contributed by atoms with Crippen molar-refractivity contribution in [2.24, 2.45) is 0 Å². The number of hydrogen-bond acceptors (Lipinski definition) is 5. The minimum Gasteiger partial charge on any atom is -0.350 e. The average Bonchev–Trinajstić information content (AvgIpc) is 2.80. The van der Waals surface area contributed by atoms with E-state index in [2.05, 4.69) is 5.32 Å². The lowest BCUT2D eigenvalue weighted by atomic mass is 10.1. The Labute approximate surface area is 131 Å². The van der Waals surface area contributed by atoms with Gasteiger partial charge in [0.05, 0.1) is 5.75 Å². The van der Waals surface area contributed by atoms with Crippen molar-refractivity contribution in [1.82, 2.24) is 10.2 Å². The Morgan fingerprint density at radius 2 is 2.05 bits per heavy atom. The summed E-state index contributed by atoms with van der Waals surface area (Å²) in [4.78, 5) is 35.9. The molecule has 7 heteroatoms. The maximum atomic E-state index is 11.9. The predicted molar refractivity (Wildman–Crippen MR) is 85.6 cm³/mol. The third-order valence-corrected chi connectivity index (χ3v) is 4.47. The summed E-state index contributed by atoms with van der Waals surface area (Å²) >= 11 is 2.72. The monoisotopic (exact) mass is 324 g/mol. The van der Waals surface area contributed by atoms with E-state index in [0.717, 1.165) is 17.5 Å². The molecule has 112 valence electrons. The van der Waals surface area contributed by atoms with Crippen molar-refractivity contribution in [3.63, 3.8) is 0 Å². The first-order valence-corrected chi connectivity index (χ1v) is 8.83. The van der Waals surface area contributed by atoms with Crippen LogP contribution in [0.4, 0.5) is 4.79 Å². The summed E-state index contributed by atoms with van der Waals surface area (Å²) in [7, 11) is 0. The number of carbonyl (C=O) groups excluding carboxylic acids is 3. The van der Waals surface area contributed by atoms with Crippen molar-refractivity contribution >= 4 is 40.6 Å². The minimum absolute atomic E-state index is 0.194. The van der Waals surface area contributed by atoms with Gasteiger partial charge in [-0.25, -0.2) is 0 Å². The molecule has 0 spiro atoms. The van der Waals surface area contributed by atoms with E-state index in [-0.39, 0.29) is 35.9 Å². The Kier molecular flexibility index (Phi) is 5.69. The molecule has 1 aliphatic rings. The molecule has 0 saturated carbocycles. The van der Waals surface area contributed by atoms with Crippen LogP contribution >= 0.6 is 23.5 Å². The van der Waals surface area contributed by atoms with Crippen LogP contribution in [0.15, 0.2) is 24.3 Å². The summed E-state index contributed by atoms with van der Waals surface area (Å²) in [6.45, 7) is 0.490. The smallest absolute Gasteiger partial charge is 0.288 e. The highest BCUT2D eigenvalue weighted by Crippen LogP contribution is 2.17. The van der Waals surface area contributed by atoms with Crippen molar-refractivity contribution < 1.29 is 14.4 Å². The van der Waals surface area contributed by atoms with Gasteiger partial charge in [0.1, 0.15) is 0 Å². The zero-order valence-electron chi connectivity index (χ0n) is 11.6. The lowest BCUT2D eigenvalue weighted by Crippen LogP contribution is -2.37. The van der Waals surface area contributed by atoms with Gasteiger partial charge in [0.25, 0.3) is 11.1 Å². The first-order valence-electron chi connectivity index (χ1n) is 6.45. The van der Waals surface area contributed by atoms with Crippen molar-refractivity contribution in [3.8, 4) is 0 Å². The van der Waals surface area contributed by atoms with Gasteiger partial charge < -0.3 is 5.32 Å². The Morgan fingerprint density at radius 3 is 2.62 bits per heavy atom. The van der Waals surface area contributed by atoms with Crippen LogP contribution in [0, 0.1) is 0 Å². The molecule has 1 aromatic rings. The molecule has 0 radical (unpaired) electrons. The molecule has 2 rings (SSSR count). The maximum absolute atomic E-state index is 11.9. The van der Waals surface area contributed by atoms with E-state index in [1.54, 1.807) is 23.9 Å². The number of carbonyl (C=O) groups is 3. The topological polar surface area (TPSA) is 66.5 Å². The second-order valence-electron chi connectivity index (χ2n) is 4.49. The van der Waals surface area contributed by atoms with E-state index < -0.39 is 0 Å². The Bertz CT molecular complexity index is 530. The van der Waals surface area contributed by atoms with E-state index in [1.807, 2.05) is 18.4 Å². The third kappa shape index (κ3) is 4.25. The molecule has 3 amide bonds. The number of nitrogens with one attached hydrogen (secondary N) is 1. The highest BCUT2D eigenvalue weighted by atomic mass is 32.2. The van der Waals surface area contributed by atoms with Gasteiger partial charge in [0.2, 0.25) is 5.91 Å². The molecule has 0 atom stereocenters. The van der Waals surface area contributed by atoms with Crippen LogP contribution in [0.25, 0.3) is 0 Å². The molecule has 0 unspecified atom stereocenters. The molecule has 1 N–H and O–H groups in total.